The maximum absolute atomic E-state index is 13.6. The monoisotopic (exact) mass is 544 g/mol. The van der Waals surface area contributed by atoms with Crippen LogP contribution in [0.5, 0.6) is 17.2 Å². The van der Waals surface area contributed by atoms with Crippen molar-refractivity contribution in [2.45, 2.75) is 12.2 Å². The molecule has 0 aliphatic carbocycles. The summed E-state index contributed by atoms with van der Waals surface area (Å²) in [4.78, 5) is 30.9. The Labute approximate surface area is 233 Å². The molecule has 5 rings (SSSR count). The highest BCUT2D eigenvalue weighted by Gasteiger charge is 2.53. The van der Waals surface area contributed by atoms with Crippen molar-refractivity contribution in [2.75, 3.05) is 45.9 Å². The summed E-state index contributed by atoms with van der Waals surface area (Å²) < 4.78 is 16.0. The second-order valence-corrected chi connectivity index (χ2v) is 10.6. The molecule has 202 valence electrons. The molecular weight excluding hydrogens is 512 g/mol. The fourth-order valence-corrected chi connectivity index (χ4v) is 6.38. The van der Waals surface area contributed by atoms with Crippen molar-refractivity contribution in [3.63, 3.8) is 0 Å². The van der Waals surface area contributed by atoms with Crippen LogP contribution in [0.2, 0.25) is 0 Å². The molecule has 0 saturated carbocycles. The Morgan fingerprint density at radius 1 is 0.872 bits per heavy atom. The number of carbonyl (C=O) groups excluding carboxylic acids is 2. The normalized spacial score (nSPS) is 16.3. The minimum absolute atomic E-state index is 0.0508. The van der Waals surface area contributed by atoms with Crippen LogP contribution in [0.15, 0.2) is 72.8 Å². The van der Waals surface area contributed by atoms with E-state index in [-0.39, 0.29) is 17.4 Å². The van der Waals surface area contributed by atoms with Crippen molar-refractivity contribution in [2.24, 2.45) is 0 Å². The van der Waals surface area contributed by atoms with Gasteiger partial charge in [0.15, 0.2) is 17.3 Å². The van der Waals surface area contributed by atoms with E-state index < -0.39 is 0 Å². The Hall–Kier alpha value is -3.75. The highest BCUT2D eigenvalue weighted by Crippen LogP contribution is 2.43. The third-order valence-electron chi connectivity index (χ3n) is 7.35. The summed E-state index contributed by atoms with van der Waals surface area (Å²) in [5, 5.41) is 0. The Morgan fingerprint density at radius 2 is 1.54 bits per heavy atom. The average molecular weight is 545 g/mol. The van der Waals surface area contributed by atoms with Gasteiger partial charge in [0.05, 0.1) is 21.3 Å². The largest absolute Gasteiger partial charge is 0.493 e. The SMILES string of the molecule is COc1cc(C(=O)/C=C/c2ccc(C(=O)N3CCN(Cc4ccccc4)C34CSC4)cc2)cc(OC)c1OC. The van der Waals surface area contributed by atoms with Gasteiger partial charge in [-0.15, -0.1) is 0 Å². The molecule has 2 saturated heterocycles. The lowest BCUT2D eigenvalue weighted by Crippen LogP contribution is -2.63. The molecule has 8 heteroatoms. The number of ketones is 1. The summed E-state index contributed by atoms with van der Waals surface area (Å²) in [5.41, 5.74) is 2.95. The fourth-order valence-electron chi connectivity index (χ4n) is 5.14. The Kier molecular flexibility index (Phi) is 7.95. The Morgan fingerprint density at radius 3 is 2.10 bits per heavy atom. The molecule has 2 aliphatic rings. The Balaban J connectivity index is 1.27. The first-order valence-corrected chi connectivity index (χ1v) is 14.0. The molecule has 39 heavy (non-hydrogen) atoms. The zero-order chi connectivity index (χ0) is 27.4. The quantitative estimate of drug-likeness (QED) is 0.277. The van der Waals surface area contributed by atoms with E-state index in [0.29, 0.717) is 28.4 Å². The molecule has 1 amide bonds. The predicted octanol–water partition coefficient (Wildman–Crippen LogP) is 5.01. The van der Waals surface area contributed by atoms with Crippen molar-refractivity contribution in [1.29, 1.82) is 0 Å². The summed E-state index contributed by atoms with van der Waals surface area (Å²) in [5.74, 6) is 2.98. The van der Waals surface area contributed by atoms with E-state index >= 15 is 0 Å². The van der Waals surface area contributed by atoms with Gasteiger partial charge in [-0.3, -0.25) is 14.5 Å². The van der Waals surface area contributed by atoms with Crippen LogP contribution in [0.25, 0.3) is 6.08 Å². The standard InChI is InChI=1S/C31H32N2O5S/c1-36-27-17-25(18-28(37-2)29(27)38-3)26(34)14-11-22-9-12-24(13-10-22)30(35)33-16-15-32(31(33)20-39-21-31)19-23-7-5-4-6-8-23/h4-14,17-18H,15-16,19-21H2,1-3H3/b14-11+. The zero-order valence-electron chi connectivity index (χ0n) is 22.4. The summed E-state index contributed by atoms with van der Waals surface area (Å²) in [7, 11) is 4.54. The molecule has 0 N–H and O–H groups in total. The van der Waals surface area contributed by atoms with Crippen molar-refractivity contribution in [3.8, 4) is 17.2 Å². The first-order valence-electron chi connectivity index (χ1n) is 12.8. The van der Waals surface area contributed by atoms with Crippen molar-refractivity contribution in [1.82, 2.24) is 9.80 Å². The number of rotatable bonds is 9. The van der Waals surface area contributed by atoms with Crippen LogP contribution in [-0.4, -0.2) is 73.1 Å². The number of carbonyl (C=O) groups is 2. The van der Waals surface area contributed by atoms with Crippen LogP contribution < -0.4 is 14.2 Å². The summed E-state index contributed by atoms with van der Waals surface area (Å²) in [6.07, 6.45) is 3.24. The lowest BCUT2D eigenvalue weighted by Gasteiger charge is -2.49. The van der Waals surface area contributed by atoms with Crippen LogP contribution in [0.4, 0.5) is 0 Å². The summed E-state index contributed by atoms with van der Waals surface area (Å²) >= 11 is 1.88. The van der Waals surface area contributed by atoms with Crippen LogP contribution >= 0.6 is 11.8 Å². The molecule has 0 aromatic heterocycles. The van der Waals surface area contributed by atoms with Crippen LogP contribution in [0.1, 0.15) is 31.8 Å². The average Bonchev–Trinajstić information content (AvgIpc) is 3.35. The predicted molar refractivity (Wildman–Crippen MR) is 154 cm³/mol. The van der Waals surface area contributed by atoms with E-state index in [2.05, 4.69) is 29.2 Å². The highest BCUT2D eigenvalue weighted by molar-refractivity contribution is 8.00. The number of amides is 1. The van der Waals surface area contributed by atoms with Gasteiger partial charge in [-0.25, -0.2) is 0 Å². The minimum Gasteiger partial charge on any atom is -0.493 e. The van der Waals surface area contributed by atoms with E-state index in [4.69, 9.17) is 14.2 Å². The third-order valence-corrected chi connectivity index (χ3v) is 8.68. The molecule has 0 atom stereocenters. The molecule has 2 aliphatic heterocycles. The fraction of sp³-hybridized carbons (Fsp3) is 0.290. The van der Waals surface area contributed by atoms with Gasteiger partial charge < -0.3 is 19.1 Å². The lowest BCUT2D eigenvalue weighted by atomic mass is 10.1. The van der Waals surface area contributed by atoms with E-state index in [1.54, 1.807) is 18.2 Å². The number of methoxy groups -OCH3 is 3. The number of nitrogens with zero attached hydrogens (tertiary/aromatic N) is 2. The van der Waals surface area contributed by atoms with E-state index in [0.717, 1.165) is 36.7 Å². The van der Waals surface area contributed by atoms with E-state index in [1.165, 1.54) is 33.0 Å². The highest BCUT2D eigenvalue weighted by atomic mass is 32.2. The molecular formula is C31H32N2O5S. The number of hydrogen-bond donors (Lipinski definition) is 0. The molecule has 2 fully saturated rings. The van der Waals surface area contributed by atoms with Crippen molar-refractivity contribution in [3.05, 3.63) is 95.1 Å². The zero-order valence-corrected chi connectivity index (χ0v) is 23.2. The number of benzene rings is 3. The maximum Gasteiger partial charge on any atom is 0.255 e. The van der Waals surface area contributed by atoms with Crippen LogP contribution in [-0.2, 0) is 6.54 Å². The number of thioether (sulfide) groups is 1. The second kappa shape index (κ2) is 11.6. The van der Waals surface area contributed by atoms with E-state index in [9.17, 15) is 9.59 Å². The van der Waals surface area contributed by atoms with Gasteiger partial charge in [0, 0.05) is 42.3 Å². The summed E-state index contributed by atoms with van der Waals surface area (Å²) in [6.45, 7) is 2.43. The van der Waals surface area contributed by atoms with Gasteiger partial charge in [0.2, 0.25) is 5.75 Å². The number of ether oxygens (including phenoxy) is 3. The number of allylic oxidation sites excluding steroid dienone is 1. The molecule has 3 aromatic rings. The molecule has 0 unspecified atom stereocenters. The molecule has 0 bridgehead atoms. The van der Waals surface area contributed by atoms with Gasteiger partial charge in [-0.05, 0) is 41.5 Å². The van der Waals surface area contributed by atoms with Gasteiger partial charge >= 0.3 is 0 Å². The van der Waals surface area contributed by atoms with E-state index in [1.807, 2.05) is 47.0 Å². The van der Waals surface area contributed by atoms with Crippen LogP contribution in [0, 0.1) is 0 Å². The molecule has 0 radical (unpaired) electrons. The van der Waals surface area contributed by atoms with Gasteiger partial charge in [0.1, 0.15) is 5.66 Å². The van der Waals surface area contributed by atoms with Crippen LogP contribution in [0.3, 0.4) is 0 Å². The lowest BCUT2D eigenvalue weighted by molar-refractivity contribution is 0.0313. The molecule has 3 aromatic carbocycles. The molecule has 7 nitrogen and oxygen atoms in total. The minimum atomic E-state index is -0.219. The molecule has 1 spiro atoms. The third kappa shape index (κ3) is 5.27. The first kappa shape index (κ1) is 26.8. The molecule has 2 heterocycles. The van der Waals surface area contributed by atoms with Crippen molar-refractivity contribution >= 4 is 29.5 Å². The topological polar surface area (TPSA) is 68.3 Å². The van der Waals surface area contributed by atoms with Gasteiger partial charge in [-0.1, -0.05) is 48.5 Å². The maximum atomic E-state index is 13.6. The second-order valence-electron chi connectivity index (χ2n) is 9.57. The van der Waals surface area contributed by atoms with Crippen molar-refractivity contribution < 1.29 is 23.8 Å². The smallest absolute Gasteiger partial charge is 0.255 e. The number of hydrogen-bond acceptors (Lipinski definition) is 7. The van der Waals surface area contributed by atoms with Gasteiger partial charge in [0.25, 0.3) is 5.91 Å². The Bertz CT molecular complexity index is 1340. The first-order chi connectivity index (χ1) is 19.0. The summed E-state index contributed by atoms with van der Waals surface area (Å²) in [6, 6.07) is 21.1. The van der Waals surface area contributed by atoms with Gasteiger partial charge in [-0.2, -0.15) is 11.8 Å².